The van der Waals surface area contributed by atoms with E-state index in [1.54, 1.807) is 23.0 Å². The molecule has 2 aliphatic rings. The quantitative estimate of drug-likeness (QED) is 0.743. The second-order valence-corrected chi connectivity index (χ2v) is 8.60. The van der Waals surface area contributed by atoms with Gasteiger partial charge in [-0.3, -0.25) is 14.3 Å². The lowest BCUT2D eigenvalue weighted by Crippen LogP contribution is -2.49. The van der Waals surface area contributed by atoms with Gasteiger partial charge in [0.15, 0.2) is 0 Å². The Bertz CT molecular complexity index is 1080. The average molecular weight is 388 g/mol. The van der Waals surface area contributed by atoms with Gasteiger partial charge < -0.3 is 10.1 Å². The number of rotatable bonds is 3. The molecular formula is C23H24N4O2. The third-order valence-electron chi connectivity index (χ3n) is 6.01. The van der Waals surface area contributed by atoms with Crippen molar-refractivity contribution in [1.29, 1.82) is 0 Å². The maximum Gasteiger partial charge on any atom is 0.255 e. The molecule has 0 saturated carbocycles. The lowest BCUT2D eigenvalue weighted by atomic mass is 9.79. The minimum Gasteiger partial charge on any atom is -0.490 e. The van der Waals surface area contributed by atoms with Crippen LogP contribution in [0.3, 0.4) is 0 Å². The summed E-state index contributed by atoms with van der Waals surface area (Å²) in [6, 6.07) is 13.7. The van der Waals surface area contributed by atoms with Crippen LogP contribution in [0, 0.1) is 5.41 Å². The molecule has 0 amide bonds. The molecule has 5 rings (SSSR count). The first-order valence-electron chi connectivity index (χ1n) is 10.0. The fraction of sp³-hybridized carbons (Fsp3) is 0.348. The molecule has 0 radical (unpaired) electrons. The SMILES string of the molecule is CC1(C)Cn2c(nc(-c3ccncc3)cc2=O)NC1CC1Cc2ccccc2O1. The van der Waals surface area contributed by atoms with Crippen molar-refractivity contribution in [2.24, 2.45) is 5.41 Å². The Balaban J connectivity index is 1.43. The van der Waals surface area contributed by atoms with Gasteiger partial charge in [-0.2, -0.15) is 0 Å². The molecule has 3 aromatic rings. The molecule has 6 nitrogen and oxygen atoms in total. The summed E-state index contributed by atoms with van der Waals surface area (Å²) < 4.78 is 7.91. The number of nitrogens with zero attached hydrogens (tertiary/aromatic N) is 3. The van der Waals surface area contributed by atoms with Crippen LogP contribution >= 0.6 is 0 Å². The highest BCUT2D eigenvalue weighted by atomic mass is 16.5. The number of para-hydroxylation sites is 1. The van der Waals surface area contributed by atoms with E-state index in [4.69, 9.17) is 9.72 Å². The van der Waals surface area contributed by atoms with E-state index in [0.717, 1.165) is 24.2 Å². The zero-order chi connectivity index (χ0) is 20.0. The highest BCUT2D eigenvalue weighted by Gasteiger charge is 2.39. The van der Waals surface area contributed by atoms with E-state index in [9.17, 15) is 4.79 Å². The third-order valence-corrected chi connectivity index (χ3v) is 6.01. The van der Waals surface area contributed by atoms with Gasteiger partial charge in [0.25, 0.3) is 5.56 Å². The van der Waals surface area contributed by atoms with Crippen molar-refractivity contribution in [2.75, 3.05) is 5.32 Å². The maximum atomic E-state index is 12.8. The number of nitrogens with one attached hydrogen (secondary N) is 1. The lowest BCUT2D eigenvalue weighted by Gasteiger charge is -2.41. The van der Waals surface area contributed by atoms with Gasteiger partial charge in [-0.15, -0.1) is 0 Å². The number of ether oxygens (including phenoxy) is 1. The second-order valence-electron chi connectivity index (χ2n) is 8.60. The van der Waals surface area contributed by atoms with Gasteiger partial charge >= 0.3 is 0 Å². The van der Waals surface area contributed by atoms with E-state index in [2.05, 4.69) is 36.3 Å². The first-order chi connectivity index (χ1) is 14.0. The van der Waals surface area contributed by atoms with Crippen LogP contribution in [0.2, 0.25) is 0 Å². The Hall–Kier alpha value is -3.15. The summed E-state index contributed by atoms with van der Waals surface area (Å²) in [6.45, 7) is 5.01. The van der Waals surface area contributed by atoms with Crippen molar-refractivity contribution < 1.29 is 4.74 Å². The maximum absolute atomic E-state index is 12.8. The lowest BCUT2D eigenvalue weighted by molar-refractivity contribution is 0.154. The monoisotopic (exact) mass is 388 g/mol. The van der Waals surface area contributed by atoms with Gasteiger partial charge in [0.2, 0.25) is 5.95 Å². The third kappa shape index (κ3) is 3.28. The van der Waals surface area contributed by atoms with E-state index < -0.39 is 0 Å². The van der Waals surface area contributed by atoms with Crippen molar-refractivity contribution in [3.05, 3.63) is 70.8 Å². The predicted molar refractivity (Wildman–Crippen MR) is 112 cm³/mol. The molecule has 0 bridgehead atoms. The van der Waals surface area contributed by atoms with Gasteiger partial charge in [0.1, 0.15) is 11.9 Å². The zero-order valence-corrected chi connectivity index (χ0v) is 16.6. The van der Waals surface area contributed by atoms with Crippen molar-refractivity contribution in [1.82, 2.24) is 14.5 Å². The summed E-state index contributed by atoms with van der Waals surface area (Å²) >= 11 is 0. The number of benzene rings is 1. The Labute approximate surface area is 169 Å². The number of aromatic nitrogens is 3. The Morgan fingerprint density at radius 2 is 2.00 bits per heavy atom. The van der Waals surface area contributed by atoms with Crippen LogP contribution < -0.4 is 15.6 Å². The Morgan fingerprint density at radius 3 is 2.79 bits per heavy atom. The number of fused-ring (bicyclic) bond motifs is 2. The normalized spacial score (nSPS) is 21.6. The Kier molecular flexibility index (Phi) is 4.15. The fourth-order valence-electron chi connectivity index (χ4n) is 4.33. The molecule has 2 aromatic heterocycles. The first kappa shape index (κ1) is 17.9. The van der Waals surface area contributed by atoms with E-state index in [1.807, 2.05) is 24.3 Å². The van der Waals surface area contributed by atoms with Crippen LogP contribution in [0.15, 0.2) is 59.7 Å². The minimum atomic E-state index is -0.102. The Morgan fingerprint density at radius 1 is 1.21 bits per heavy atom. The molecule has 1 aromatic carbocycles. The molecule has 4 heterocycles. The largest absolute Gasteiger partial charge is 0.490 e. The minimum absolute atomic E-state index is 0.0367. The molecular weight excluding hydrogens is 364 g/mol. The van der Waals surface area contributed by atoms with Gasteiger partial charge in [-0.1, -0.05) is 32.0 Å². The number of hydrogen-bond donors (Lipinski definition) is 1. The number of hydrogen-bond acceptors (Lipinski definition) is 5. The summed E-state index contributed by atoms with van der Waals surface area (Å²) in [7, 11) is 0. The van der Waals surface area contributed by atoms with Crippen LogP contribution in [0.1, 0.15) is 25.8 Å². The first-order valence-corrected chi connectivity index (χ1v) is 10.0. The van der Waals surface area contributed by atoms with E-state index in [0.29, 0.717) is 18.2 Å². The van der Waals surface area contributed by atoms with E-state index in [1.165, 1.54) is 5.56 Å². The summed E-state index contributed by atoms with van der Waals surface area (Å²) in [6.07, 6.45) is 5.33. The van der Waals surface area contributed by atoms with Crippen LogP contribution in [0.5, 0.6) is 5.75 Å². The van der Waals surface area contributed by atoms with Crippen LogP contribution in [0.4, 0.5) is 5.95 Å². The van der Waals surface area contributed by atoms with Crippen LogP contribution in [-0.4, -0.2) is 26.7 Å². The molecule has 0 fully saturated rings. The highest BCUT2D eigenvalue weighted by Crippen LogP contribution is 2.37. The van der Waals surface area contributed by atoms with Crippen molar-refractivity contribution in [2.45, 2.75) is 45.4 Å². The van der Waals surface area contributed by atoms with Gasteiger partial charge in [-0.05, 0) is 23.8 Å². The molecule has 148 valence electrons. The molecule has 6 heteroatoms. The summed E-state index contributed by atoms with van der Waals surface area (Å²) in [5.41, 5.74) is 2.68. The molecule has 2 atom stereocenters. The summed E-state index contributed by atoms with van der Waals surface area (Å²) in [4.78, 5) is 21.6. The summed E-state index contributed by atoms with van der Waals surface area (Å²) in [5, 5.41) is 3.55. The summed E-state index contributed by atoms with van der Waals surface area (Å²) in [5.74, 6) is 1.62. The van der Waals surface area contributed by atoms with Crippen molar-refractivity contribution >= 4 is 5.95 Å². The smallest absolute Gasteiger partial charge is 0.255 e. The standard InChI is InChI=1S/C23H24N4O2/c1-23(2)14-27-21(28)13-18(15-7-9-24-10-8-15)25-22(27)26-20(23)12-17-11-16-5-3-4-6-19(16)29-17/h3-10,13,17,20H,11-12,14H2,1-2H3,(H,25,26). The van der Waals surface area contributed by atoms with Gasteiger partial charge in [0, 0.05) is 54.9 Å². The zero-order valence-electron chi connectivity index (χ0n) is 16.6. The molecule has 1 N–H and O–H groups in total. The molecule has 2 aliphatic heterocycles. The molecule has 2 unspecified atom stereocenters. The fourth-order valence-corrected chi connectivity index (χ4v) is 4.33. The topological polar surface area (TPSA) is 69.0 Å². The molecule has 0 saturated heterocycles. The molecule has 0 spiro atoms. The molecule has 29 heavy (non-hydrogen) atoms. The van der Waals surface area contributed by atoms with Crippen LogP contribution in [-0.2, 0) is 13.0 Å². The molecule has 0 aliphatic carbocycles. The average Bonchev–Trinajstić information content (AvgIpc) is 3.12. The van der Waals surface area contributed by atoms with Crippen molar-refractivity contribution in [3.8, 4) is 17.0 Å². The van der Waals surface area contributed by atoms with E-state index in [-0.39, 0.29) is 23.1 Å². The van der Waals surface area contributed by atoms with Gasteiger partial charge in [0.05, 0.1) is 5.69 Å². The highest BCUT2D eigenvalue weighted by molar-refractivity contribution is 5.59. The van der Waals surface area contributed by atoms with E-state index >= 15 is 0 Å². The second kappa shape index (κ2) is 6.72. The van der Waals surface area contributed by atoms with Crippen molar-refractivity contribution in [3.63, 3.8) is 0 Å². The predicted octanol–water partition coefficient (Wildman–Crippen LogP) is 3.52. The van der Waals surface area contributed by atoms with Gasteiger partial charge in [-0.25, -0.2) is 4.98 Å². The number of anilines is 1. The number of pyridine rings is 1. The van der Waals surface area contributed by atoms with Crippen LogP contribution in [0.25, 0.3) is 11.3 Å².